The number of carboxylic acid groups (broad SMARTS) is 2. The van der Waals surface area contributed by atoms with Crippen LogP contribution in [0.5, 0.6) is 0 Å². The van der Waals surface area contributed by atoms with Crippen LogP contribution in [0.2, 0.25) is 0 Å². The molecule has 54 heavy (non-hydrogen) atoms. The molecule has 17 nitrogen and oxygen atoms in total. The number of rotatable bonds is 22. The van der Waals surface area contributed by atoms with Gasteiger partial charge in [0.2, 0.25) is 29.5 Å². The average Bonchev–Trinajstić information content (AvgIpc) is 3.55. The lowest BCUT2D eigenvalue weighted by Gasteiger charge is -2.26. The number of fused-ring (bicyclic) bond motifs is 1. The summed E-state index contributed by atoms with van der Waals surface area (Å²) in [6.45, 7) is 3.22. The number of carbonyl (C=O) groups is 7. The summed E-state index contributed by atoms with van der Waals surface area (Å²) in [7, 11) is 0. The maximum Gasteiger partial charge on any atom is 0.326 e. The standard InChI is InChI=1S/C37H50N8O9/c1-21(41-34(50)26(39)13-8-9-17-38)33(49)44-30(19-24-20-40-27-14-7-6-12-25(24)27)36(52)45-29(18-23-10-4-3-5-11-23)35(51)42-22(2)32(48)43-28(37(53)54)15-16-31(46)47/h3-7,10-12,14,20-22,26,28-30,40H,8-9,13,15-19,38-39H2,1-2H3,(H,41,50)(H,42,51)(H,43,48)(H,44,49)(H,45,52)(H,46,47)(H,53,54)/t21-,22-,26-,28-,29-,30-/m0/s1. The predicted octanol–water partition coefficient (Wildman–Crippen LogP) is -0.177. The highest BCUT2D eigenvalue weighted by Gasteiger charge is 2.32. The average molecular weight is 751 g/mol. The number of aromatic nitrogens is 1. The van der Waals surface area contributed by atoms with Crippen molar-refractivity contribution in [2.45, 2.75) is 95.0 Å². The number of carbonyl (C=O) groups excluding carboxylic acids is 5. The van der Waals surface area contributed by atoms with E-state index in [0.717, 1.165) is 10.9 Å². The second-order valence-corrected chi connectivity index (χ2v) is 13.1. The molecule has 0 saturated carbocycles. The van der Waals surface area contributed by atoms with Gasteiger partial charge >= 0.3 is 11.9 Å². The number of carboxylic acids is 2. The monoisotopic (exact) mass is 750 g/mol. The number of nitrogens with one attached hydrogen (secondary N) is 6. The van der Waals surface area contributed by atoms with Crippen LogP contribution < -0.4 is 38.1 Å². The molecule has 3 rings (SSSR count). The zero-order chi connectivity index (χ0) is 39.8. The molecule has 17 heteroatoms. The molecule has 0 aliphatic carbocycles. The van der Waals surface area contributed by atoms with E-state index in [2.05, 4.69) is 31.6 Å². The molecule has 0 radical (unpaired) electrons. The summed E-state index contributed by atoms with van der Waals surface area (Å²) >= 11 is 0. The molecular weight excluding hydrogens is 700 g/mol. The smallest absolute Gasteiger partial charge is 0.326 e. The molecule has 6 atom stereocenters. The Hall–Kier alpha value is -5.81. The number of unbranched alkanes of at least 4 members (excludes halogenated alkanes) is 1. The van der Waals surface area contributed by atoms with Gasteiger partial charge in [0.25, 0.3) is 0 Å². The van der Waals surface area contributed by atoms with Crippen LogP contribution >= 0.6 is 0 Å². The molecule has 0 unspecified atom stereocenters. The van der Waals surface area contributed by atoms with Crippen LogP contribution in [0.15, 0.2) is 60.8 Å². The summed E-state index contributed by atoms with van der Waals surface area (Å²) in [6, 6.07) is 8.83. The number of para-hydroxylation sites is 1. The SMILES string of the molecule is C[C@H](NC(=O)[C@H](Cc1ccccc1)NC(=O)[C@H](Cc1c[nH]c2ccccc12)NC(=O)[C@H](C)NC(=O)[C@@H](N)CCCCN)C(=O)N[C@@H](CCC(=O)O)C(=O)O. The molecule has 0 saturated heterocycles. The summed E-state index contributed by atoms with van der Waals surface area (Å²) in [5.74, 6) is -6.31. The fourth-order valence-electron chi connectivity index (χ4n) is 5.58. The van der Waals surface area contributed by atoms with Gasteiger partial charge in [-0.1, -0.05) is 55.0 Å². The molecule has 0 fully saturated rings. The van der Waals surface area contributed by atoms with Crippen molar-refractivity contribution < 1.29 is 43.8 Å². The topological polar surface area (TPSA) is 288 Å². The third kappa shape index (κ3) is 13.3. The van der Waals surface area contributed by atoms with Crippen LogP contribution in [0.4, 0.5) is 0 Å². The molecule has 0 bridgehead atoms. The number of hydrogen-bond acceptors (Lipinski definition) is 9. The van der Waals surface area contributed by atoms with E-state index in [0.29, 0.717) is 36.9 Å². The van der Waals surface area contributed by atoms with Crippen molar-refractivity contribution >= 4 is 52.4 Å². The van der Waals surface area contributed by atoms with E-state index in [1.165, 1.54) is 13.8 Å². The van der Waals surface area contributed by atoms with Crippen LogP contribution in [0, 0.1) is 0 Å². The van der Waals surface area contributed by atoms with Crippen LogP contribution in [0.3, 0.4) is 0 Å². The molecule has 0 aliphatic rings. The summed E-state index contributed by atoms with van der Waals surface area (Å²) in [5.41, 5.74) is 13.7. The van der Waals surface area contributed by atoms with Gasteiger partial charge in [-0.05, 0) is 56.8 Å². The quantitative estimate of drug-likeness (QED) is 0.0601. The van der Waals surface area contributed by atoms with Gasteiger partial charge in [-0.2, -0.15) is 0 Å². The van der Waals surface area contributed by atoms with E-state index in [9.17, 15) is 38.7 Å². The van der Waals surface area contributed by atoms with Crippen molar-refractivity contribution in [2.75, 3.05) is 6.54 Å². The highest BCUT2D eigenvalue weighted by molar-refractivity contribution is 5.97. The van der Waals surface area contributed by atoms with Gasteiger partial charge in [0.15, 0.2) is 0 Å². The van der Waals surface area contributed by atoms with Gasteiger partial charge < -0.3 is 53.2 Å². The largest absolute Gasteiger partial charge is 0.481 e. The fourth-order valence-corrected chi connectivity index (χ4v) is 5.58. The Balaban J connectivity index is 1.83. The van der Waals surface area contributed by atoms with Crippen LogP contribution in [-0.4, -0.2) is 99.5 Å². The fraction of sp³-hybridized carbons (Fsp3) is 0.432. The van der Waals surface area contributed by atoms with Crippen molar-refractivity contribution in [2.24, 2.45) is 11.5 Å². The summed E-state index contributed by atoms with van der Waals surface area (Å²) in [4.78, 5) is 92.5. The highest BCUT2D eigenvalue weighted by Crippen LogP contribution is 2.19. The molecular formula is C37H50N8O9. The van der Waals surface area contributed by atoms with Gasteiger partial charge in [0.1, 0.15) is 30.2 Å². The second-order valence-electron chi connectivity index (χ2n) is 13.1. The van der Waals surface area contributed by atoms with E-state index >= 15 is 0 Å². The summed E-state index contributed by atoms with van der Waals surface area (Å²) < 4.78 is 0. The third-order valence-corrected chi connectivity index (χ3v) is 8.72. The molecule has 5 amide bonds. The van der Waals surface area contributed by atoms with Crippen LogP contribution in [0.1, 0.15) is 57.1 Å². The van der Waals surface area contributed by atoms with Crippen LogP contribution in [0.25, 0.3) is 10.9 Å². The highest BCUT2D eigenvalue weighted by atomic mass is 16.4. The van der Waals surface area contributed by atoms with Gasteiger partial charge in [0.05, 0.1) is 6.04 Å². The Morgan fingerprint density at radius 1 is 0.667 bits per heavy atom. The van der Waals surface area contributed by atoms with Gasteiger partial charge in [0, 0.05) is 36.4 Å². The molecule has 0 spiro atoms. The summed E-state index contributed by atoms with van der Waals surface area (Å²) in [5, 5.41) is 31.9. The Morgan fingerprint density at radius 3 is 1.85 bits per heavy atom. The minimum Gasteiger partial charge on any atom is -0.481 e. The van der Waals surface area contributed by atoms with Gasteiger partial charge in [-0.25, -0.2) is 4.79 Å². The van der Waals surface area contributed by atoms with Crippen molar-refractivity contribution in [1.82, 2.24) is 31.6 Å². The van der Waals surface area contributed by atoms with E-state index in [1.54, 1.807) is 36.5 Å². The first-order valence-electron chi connectivity index (χ1n) is 17.7. The van der Waals surface area contributed by atoms with Gasteiger partial charge in [-0.3, -0.25) is 28.8 Å². The van der Waals surface area contributed by atoms with E-state index in [1.807, 2.05) is 24.3 Å². The summed E-state index contributed by atoms with van der Waals surface area (Å²) in [6.07, 6.45) is 2.49. The zero-order valence-corrected chi connectivity index (χ0v) is 30.3. The molecule has 2 aromatic carbocycles. The normalized spacial score (nSPS) is 14.4. The number of benzene rings is 2. The molecule has 3 aromatic rings. The van der Waals surface area contributed by atoms with Crippen molar-refractivity contribution in [3.05, 3.63) is 71.9 Å². The Kier molecular flexibility index (Phi) is 16.6. The van der Waals surface area contributed by atoms with Crippen LogP contribution in [-0.2, 0) is 46.4 Å². The second kappa shape index (κ2) is 21.0. The first-order chi connectivity index (χ1) is 25.7. The number of amides is 5. The molecule has 1 heterocycles. The number of aliphatic carboxylic acids is 2. The lowest BCUT2D eigenvalue weighted by Crippen LogP contribution is -2.59. The van der Waals surface area contributed by atoms with E-state index in [4.69, 9.17) is 16.6 Å². The van der Waals surface area contributed by atoms with Crippen molar-refractivity contribution in [1.29, 1.82) is 0 Å². The molecule has 1 aromatic heterocycles. The Morgan fingerprint density at radius 2 is 1.22 bits per heavy atom. The number of aromatic amines is 1. The van der Waals surface area contributed by atoms with Crippen molar-refractivity contribution in [3.8, 4) is 0 Å². The van der Waals surface area contributed by atoms with Crippen molar-refractivity contribution in [3.63, 3.8) is 0 Å². The first kappa shape index (κ1) is 42.6. The predicted molar refractivity (Wildman–Crippen MR) is 199 cm³/mol. The minimum atomic E-state index is -1.51. The van der Waals surface area contributed by atoms with E-state index in [-0.39, 0.29) is 19.3 Å². The zero-order valence-electron chi connectivity index (χ0n) is 30.3. The number of H-pyrrole nitrogens is 1. The minimum absolute atomic E-state index is 0.00768. The molecule has 12 N–H and O–H groups in total. The number of hydrogen-bond donors (Lipinski definition) is 10. The number of nitrogens with two attached hydrogens (primary N) is 2. The molecule has 0 aliphatic heterocycles. The Bertz CT molecular complexity index is 1770. The van der Waals surface area contributed by atoms with E-state index < -0.39 is 84.1 Å². The maximum atomic E-state index is 14.1. The first-order valence-corrected chi connectivity index (χ1v) is 17.7. The lowest BCUT2D eigenvalue weighted by atomic mass is 10.0. The lowest BCUT2D eigenvalue weighted by molar-refractivity contribution is -0.143. The third-order valence-electron chi connectivity index (χ3n) is 8.72. The van der Waals surface area contributed by atoms with Gasteiger partial charge in [-0.15, -0.1) is 0 Å². The Labute approximate surface area is 312 Å². The molecule has 292 valence electrons. The maximum absolute atomic E-state index is 14.1.